The van der Waals surface area contributed by atoms with Gasteiger partial charge in [-0.1, -0.05) is 13.3 Å². The molecule has 3 nitrogen and oxygen atoms in total. The minimum Gasteiger partial charge on any atom is -0.353 e. The minimum absolute atomic E-state index is 0.0332. The van der Waals surface area contributed by atoms with Crippen molar-refractivity contribution in [1.29, 1.82) is 0 Å². The highest BCUT2D eigenvalue weighted by atomic mass is 16.1. The molecule has 0 aromatic heterocycles. The molecule has 0 saturated heterocycles. The van der Waals surface area contributed by atoms with Crippen molar-refractivity contribution in [3.05, 3.63) is 0 Å². The first kappa shape index (κ1) is 9.97. The number of nitrogens with two attached hydrogens (primary N) is 1. The van der Waals surface area contributed by atoms with Gasteiger partial charge in [0.1, 0.15) is 0 Å². The van der Waals surface area contributed by atoms with Crippen molar-refractivity contribution in [2.75, 3.05) is 6.54 Å². The van der Waals surface area contributed by atoms with E-state index in [2.05, 4.69) is 5.32 Å². The summed E-state index contributed by atoms with van der Waals surface area (Å²) in [6, 6.07) is 0.454. The highest BCUT2D eigenvalue weighted by molar-refractivity contribution is 5.78. The third-order valence-electron chi connectivity index (χ3n) is 3.87. The number of nitrogens with one attached hydrogen (secondary N) is 1. The monoisotopic (exact) mass is 196 g/mol. The first-order valence-electron chi connectivity index (χ1n) is 5.71. The molecule has 0 aromatic carbocycles. The van der Waals surface area contributed by atoms with Crippen molar-refractivity contribution in [1.82, 2.24) is 5.32 Å². The van der Waals surface area contributed by atoms with Crippen molar-refractivity contribution in [3.8, 4) is 0 Å². The van der Waals surface area contributed by atoms with Crippen LogP contribution in [0.15, 0.2) is 0 Å². The van der Waals surface area contributed by atoms with Crippen LogP contribution in [0.25, 0.3) is 0 Å². The average molecular weight is 196 g/mol. The lowest BCUT2D eigenvalue weighted by Crippen LogP contribution is -2.42. The first-order chi connectivity index (χ1) is 6.70. The molecule has 2 rings (SSSR count). The van der Waals surface area contributed by atoms with E-state index in [-0.39, 0.29) is 11.8 Å². The predicted molar refractivity (Wildman–Crippen MR) is 55.6 cm³/mol. The molecule has 2 fully saturated rings. The number of carbonyl (C=O) groups excluding carboxylic acids is 1. The van der Waals surface area contributed by atoms with Gasteiger partial charge < -0.3 is 11.1 Å². The molecule has 1 amide bonds. The molecule has 2 aliphatic carbocycles. The molecule has 3 heteroatoms. The summed E-state index contributed by atoms with van der Waals surface area (Å²) in [5, 5.41) is 3.14. The van der Waals surface area contributed by atoms with Gasteiger partial charge >= 0.3 is 0 Å². The fraction of sp³-hybridized carbons (Fsp3) is 0.909. The second-order valence-electron chi connectivity index (χ2n) is 4.93. The van der Waals surface area contributed by atoms with Crippen LogP contribution in [0.5, 0.6) is 0 Å². The van der Waals surface area contributed by atoms with Gasteiger partial charge in [0.2, 0.25) is 5.91 Å². The summed E-state index contributed by atoms with van der Waals surface area (Å²) < 4.78 is 0. The largest absolute Gasteiger partial charge is 0.353 e. The Bertz CT molecular complexity index is 229. The van der Waals surface area contributed by atoms with Gasteiger partial charge in [0.15, 0.2) is 0 Å². The van der Waals surface area contributed by atoms with E-state index in [1.165, 1.54) is 25.7 Å². The summed E-state index contributed by atoms with van der Waals surface area (Å²) >= 11 is 0. The second kappa shape index (κ2) is 3.89. The zero-order chi connectivity index (χ0) is 10.1. The van der Waals surface area contributed by atoms with Gasteiger partial charge in [-0.15, -0.1) is 0 Å². The van der Waals surface area contributed by atoms with Gasteiger partial charge in [-0.3, -0.25) is 4.79 Å². The van der Waals surface area contributed by atoms with Gasteiger partial charge in [-0.05, 0) is 31.1 Å². The Hall–Kier alpha value is -0.570. The molecule has 0 heterocycles. The number of hydrogen-bond acceptors (Lipinski definition) is 2. The molecule has 4 atom stereocenters. The zero-order valence-electron chi connectivity index (χ0n) is 8.83. The lowest BCUT2D eigenvalue weighted by Gasteiger charge is -2.24. The van der Waals surface area contributed by atoms with Crippen molar-refractivity contribution in [2.45, 2.75) is 38.6 Å². The SMILES string of the molecule is CC(CN)C(=O)NC1CC2CCC1C2. The van der Waals surface area contributed by atoms with Crippen LogP contribution in [0.3, 0.4) is 0 Å². The van der Waals surface area contributed by atoms with Crippen LogP contribution < -0.4 is 11.1 Å². The van der Waals surface area contributed by atoms with E-state index >= 15 is 0 Å². The molecule has 2 saturated carbocycles. The van der Waals surface area contributed by atoms with E-state index in [0.29, 0.717) is 12.6 Å². The summed E-state index contributed by atoms with van der Waals surface area (Å²) in [6.45, 7) is 2.34. The summed E-state index contributed by atoms with van der Waals surface area (Å²) in [7, 11) is 0. The standard InChI is InChI=1S/C11H20N2O/c1-7(6-12)11(14)13-10-5-8-2-3-9(10)4-8/h7-10H,2-6,12H2,1H3,(H,13,14). The Balaban J connectivity index is 1.84. The Kier molecular flexibility index (Phi) is 2.77. The lowest BCUT2D eigenvalue weighted by atomic mass is 9.95. The van der Waals surface area contributed by atoms with Crippen LogP contribution in [-0.4, -0.2) is 18.5 Å². The normalized spacial score (nSPS) is 37.1. The van der Waals surface area contributed by atoms with Crippen molar-refractivity contribution in [3.63, 3.8) is 0 Å². The highest BCUT2D eigenvalue weighted by Crippen LogP contribution is 2.44. The molecule has 4 unspecified atom stereocenters. The maximum Gasteiger partial charge on any atom is 0.224 e. The summed E-state index contributed by atoms with van der Waals surface area (Å²) in [5.41, 5.74) is 5.46. The van der Waals surface area contributed by atoms with Crippen LogP contribution in [0, 0.1) is 17.8 Å². The summed E-state index contributed by atoms with van der Waals surface area (Å²) in [4.78, 5) is 11.6. The second-order valence-corrected chi connectivity index (χ2v) is 4.93. The van der Waals surface area contributed by atoms with Crippen LogP contribution in [-0.2, 0) is 4.79 Å². The fourth-order valence-electron chi connectivity index (χ4n) is 2.85. The van der Waals surface area contributed by atoms with Crippen molar-refractivity contribution >= 4 is 5.91 Å². The Morgan fingerprint density at radius 2 is 2.29 bits per heavy atom. The van der Waals surface area contributed by atoms with E-state index in [4.69, 9.17) is 5.73 Å². The van der Waals surface area contributed by atoms with Gasteiger partial charge in [-0.25, -0.2) is 0 Å². The Morgan fingerprint density at radius 1 is 1.50 bits per heavy atom. The zero-order valence-corrected chi connectivity index (χ0v) is 8.83. The van der Waals surface area contributed by atoms with Gasteiger partial charge in [0, 0.05) is 18.5 Å². The maximum absolute atomic E-state index is 11.6. The molecular weight excluding hydrogens is 176 g/mol. The Labute approximate surface area is 85.4 Å². The number of fused-ring (bicyclic) bond motifs is 2. The lowest BCUT2D eigenvalue weighted by molar-refractivity contribution is -0.125. The third kappa shape index (κ3) is 1.78. The van der Waals surface area contributed by atoms with Gasteiger partial charge in [0.25, 0.3) is 0 Å². The van der Waals surface area contributed by atoms with Crippen molar-refractivity contribution < 1.29 is 4.79 Å². The molecule has 3 N–H and O–H groups in total. The Morgan fingerprint density at radius 3 is 2.79 bits per heavy atom. The van der Waals surface area contributed by atoms with E-state index in [9.17, 15) is 4.79 Å². The summed E-state index contributed by atoms with van der Waals surface area (Å²) in [5.74, 6) is 1.76. The molecule has 2 bridgehead atoms. The topological polar surface area (TPSA) is 55.1 Å². The number of amides is 1. The van der Waals surface area contributed by atoms with Crippen LogP contribution in [0.1, 0.15) is 32.6 Å². The molecule has 14 heavy (non-hydrogen) atoms. The molecular formula is C11H20N2O. The van der Waals surface area contributed by atoms with Crippen LogP contribution in [0.2, 0.25) is 0 Å². The molecule has 0 aromatic rings. The number of carbonyl (C=O) groups is 1. The number of hydrogen-bond donors (Lipinski definition) is 2. The third-order valence-corrected chi connectivity index (χ3v) is 3.87. The van der Waals surface area contributed by atoms with E-state index in [0.717, 1.165) is 11.8 Å². The van der Waals surface area contributed by atoms with Crippen LogP contribution in [0.4, 0.5) is 0 Å². The van der Waals surface area contributed by atoms with Gasteiger partial charge in [0.05, 0.1) is 0 Å². The first-order valence-corrected chi connectivity index (χ1v) is 5.71. The van der Waals surface area contributed by atoms with E-state index < -0.39 is 0 Å². The van der Waals surface area contributed by atoms with Crippen molar-refractivity contribution in [2.24, 2.45) is 23.5 Å². The average Bonchev–Trinajstić information content (AvgIpc) is 2.77. The fourth-order valence-corrected chi connectivity index (χ4v) is 2.85. The minimum atomic E-state index is -0.0332. The smallest absolute Gasteiger partial charge is 0.224 e. The quantitative estimate of drug-likeness (QED) is 0.704. The number of rotatable bonds is 3. The summed E-state index contributed by atoms with van der Waals surface area (Å²) in [6.07, 6.45) is 5.23. The predicted octanol–water partition coefficient (Wildman–Crippen LogP) is 0.886. The molecule has 0 spiro atoms. The molecule has 80 valence electrons. The molecule has 0 aliphatic heterocycles. The van der Waals surface area contributed by atoms with E-state index in [1.807, 2.05) is 6.92 Å². The molecule has 0 radical (unpaired) electrons. The highest BCUT2D eigenvalue weighted by Gasteiger charge is 2.40. The van der Waals surface area contributed by atoms with E-state index in [1.54, 1.807) is 0 Å². The maximum atomic E-state index is 11.6. The molecule has 2 aliphatic rings. The van der Waals surface area contributed by atoms with Crippen LogP contribution >= 0.6 is 0 Å². The van der Waals surface area contributed by atoms with Gasteiger partial charge in [-0.2, -0.15) is 0 Å².